The molecule has 0 spiro atoms. The maximum absolute atomic E-state index is 11.6. The van der Waals surface area contributed by atoms with Gasteiger partial charge in [-0.25, -0.2) is 0 Å². The first-order valence-corrected chi connectivity index (χ1v) is 9.34. The van der Waals surface area contributed by atoms with Gasteiger partial charge in [0.15, 0.2) is 6.29 Å². The minimum absolute atomic E-state index is 0.333. The molecule has 1 aromatic heterocycles. The minimum Gasteiger partial charge on any atom is -0.488 e. The van der Waals surface area contributed by atoms with Crippen LogP contribution in [0.25, 0.3) is 5.57 Å². The van der Waals surface area contributed by atoms with Crippen molar-refractivity contribution >= 4 is 11.9 Å². The first-order chi connectivity index (χ1) is 13.5. The molecule has 0 saturated carbocycles. The van der Waals surface area contributed by atoms with Crippen molar-refractivity contribution in [3.63, 3.8) is 0 Å². The molecule has 0 N–H and O–H groups in total. The Balaban J connectivity index is 1.82. The van der Waals surface area contributed by atoms with Crippen molar-refractivity contribution in [2.24, 2.45) is 5.92 Å². The number of allylic oxidation sites excluding steroid dienone is 1. The van der Waals surface area contributed by atoms with Crippen LogP contribution >= 0.6 is 0 Å². The molecule has 148 valence electrons. The summed E-state index contributed by atoms with van der Waals surface area (Å²) in [6, 6.07) is 7.27. The average Bonchev–Trinajstić information content (AvgIpc) is 3.27. The molecule has 1 aliphatic rings. The molecule has 1 aliphatic heterocycles. The number of carbonyl (C=O) groups excluding carboxylic acids is 1. The van der Waals surface area contributed by atoms with E-state index in [0.29, 0.717) is 48.6 Å². The second kappa shape index (κ2) is 8.89. The molecule has 6 nitrogen and oxygen atoms in total. The number of hydrogen-bond acceptors (Lipinski definition) is 5. The van der Waals surface area contributed by atoms with Gasteiger partial charge in [-0.05, 0) is 31.0 Å². The van der Waals surface area contributed by atoms with Crippen molar-refractivity contribution in [3.8, 4) is 11.5 Å². The van der Waals surface area contributed by atoms with Crippen LogP contribution in [0, 0.1) is 5.92 Å². The van der Waals surface area contributed by atoms with E-state index in [1.807, 2.05) is 16.9 Å². The summed E-state index contributed by atoms with van der Waals surface area (Å²) in [6.07, 6.45) is 2.55. The first kappa shape index (κ1) is 19.9. The van der Waals surface area contributed by atoms with Gasteiger partial charge >= 0.3 is 0 Å². The lowest BCUT2D eigenvalue weighted by atomic mass is 10.1. The molecule has 2 aromatic rings. The molecule has 0 amide bonds. The third-order valence-electron chi connectivity index (χ3n) is 4.34. The molecule has 6 heteroatoms. The molecule has 0 fully saturated rings. The Morgan fingerprint density at radius 1 is 1.32 bits per heavy atom. The molecule has 0 atom stereocenters. The van der Waals surface area contributed by atoms with Crippen molar-refractivity contribution in [2.45, 2.75) is 27.3 Å². The number of ether oxygens (including phenoxy) is 3. The quantitative estimate of drug-likeness (QED) is 0.482. The second-order valence-electron chi connectivity index (χ2n) is 7.25. The summed E-state index contributed by atoms with van der Waals surface area (Å²) in [6.45, 7) is 12.0. The van der Waals surface area contributed by atoms with E-state index in [1.165, 1.54) is 0 Å². The average molecular weight is 382 g/mol. The van der Waals surface area contributed by atoms with Crippen LogP contribution in [0.4, 0.5) is 0 Å². The molecule has 28 heavy (non-hydrogen) atoms. The molecular formula is C22H26N2O4. The summed E-state index contributed by atoms with van der Waals surface area (Å²) >= 11 is 0. The van der Waals surface area contributed by atoms with E-state index in [0.717, 1.165) is 29.7 Å². The maximum atomic E-state index is 11.6. The van der Waals surface area contributed by atoms with E-state index in [4.69, 9.17) is 14.2 Å². The van der Waals surface area contributed by atoms with E-state index in [2.05, 4.69) is 25.5 Å². The Morgan fingerprint density at radius 2 is 2.11 bits per heavy atom. The van der Waals surface area contributed by atoms with Crippen molar-refractivity contribution < 1.29 is 19.0 Å². The van der Waals surface area contributed by atoms with Gasteiger partial charge in [0.25, 0.3) is 0 Å². The molecule has 2 heterocycles. The summed E-state index contributed by atoms with van der Waals surface area (Å²) in [4.78, 5) is 11.6. The predicted octanol–water partition coefficient (Wildman–Crippen LogP) is 4.13. The highest BCUT2D eigenvalue weighted by Gasteiger charge is 2.21. The van der Waals surface area contributed by atoms with Gasteiger partial charge in [0, 0.05) is 23.9 Å². The van der Waals surface area contributed by atoms with Crippen LogP contribution in [0.15, 0.2) is 48.4 Å². The fourth-order valence-electron chi connectivity index (χ4n) is 3.14. The molecule has 0 unspecified atom stereocenters. The largest absolute Gasteiger partial charge is 0.488 e. The van der Waals surface area contributed by atoms with Crippen LogP contribution in [-0.4, -0.2) is 35.9 Å². The van der Waals surface area contributed by atoms with Gasteiger partial charge in [-0.2, -0.15) is 5.10 Å². The van der Waals surface area contributed by atoms with Gasteiger partial charge in [0.2, 0.25) is 0 Å². The zero-order valence-electron chi connectivity index (χ0n) is 16.6. The van der Waals surface area contributed by atoms with E-state index >= 15 is 0 Å². The minimum atomic E-state index is 0.333. The lowest BCUT2D eigenvalue weighted by Crippen LogP contribution is -2.11. The number of aldehydes is 1. The molecule has 0 saturated heterocycles. The fourth-order valence-corrected chi connectivity index (χ4v) is 3.14. The zero-order chi connectivity index (χ0) is 20.1. The predicted molar refractivity (Wildman–Crippen MR) is 108 cm³/mol. The zero-order valence-corrected chi connectivity index (χ0v) is 16.6. The fraction of sp³-hybridized carbons (Fsp3) is 0.364. The molecule has 0 radical (unpaired) electrons. The smallest absolute Gasteiger partial charge is 0.157 e. The van der Waals surface area contributed by atoms with E-state index in [-0.39, 0.29) is 0 Å². The highest BCUT2D eigenvalue weighted by Crippen LogP contribution is 2.30. The third-order valence-corrected chi connectivity index (χ3v) is 4.34. The molecule has 1 aromatic carbocycles. The second-order valence-corrected chi connectivity index (χ2v) is 7.25. The Morgan fingerprint density at radius 3 is 2.82 bits per heavy atom. The molecule has 3 rings (SSSR count). The lowest BCUT2D eigenvalue weighted by Gasteiger charge is -2.14. The number of hydrogen-bond donors (Lipinski definition) is 0. The molecule has 0 bridgehead atoms. The number of aromatic nitrogens is 2. The third kappa shape index (κ3) is 4.51. The van der Waals surface area contributed by atoms with Crippen LogP contribution in [-0.2, 0) is 11.3 Å². The van der Waals surface area contributed by atoms with E-state index < -0.39 is 0 Å². The normalized spacial score (nSPS) is 13.9. The van der Waals surface area contributed by atoms with Crippen molar-refractivity contribution in [2.75, 3.05) is 19.8 Å². The Hall–Kier alpha value is -2.86. The van der Waals surface area contributed by atoms with E-state index in [9.17, 15) is 4.79 Å². The van der Waals surface area contributed by atoms with Crippen molar-refractivity contribution in [1.82, 2.24) is 9.78 Å². The monoisotopic (exact) mass is 382 g/mol. The van der Waals surface area contributed by atoms with Crippen molar-refractivity contribution in [3.05, 3.63) is 59.6 Å². The lowest BCUT2D eigenvalue weighted by molar-refractivity contribution is 0.111. The van der Waals surface area contributed by atoms with Crippen LogP contribution < -0.4 is 9.47 Å². The summed E-state index contributed by atoms with van der Waals surface area (Å²) in [5.74, 6) is 1.91. The Bertz CT molecular complexity index is 896. The Kier molecular flexibility index (Phi) is 6.31. The number of nitrogens with zero attached hydrogens (tertiary/aromatic N) is 2. The van der Waals surface area contributed by atoms with Gasteiger partial charge in [-0.3, -0.25) is 9.48 Å². The topological polar surface area (TPSA) is 62.6 Å². The van der Waals surface area contributed by atoms with Gasteiger partial charge < -0.3 is 14.2 Å². The summed E-state index contributed by atoms with van der Waals surface area (Å²) in [5.41, 5.74) is 3.57. The number of benzene rings is 1. The highest BCUT2D eigenvalue weighted by atomic mass is 16.5. The van der Waals surface area contributed by atoms with Gasteiger partial charge in [-0.1, -0.05) is 26.5 Å². The SMILES string of the molecule is C=C(C)Oc1cccc(OCC2=C(c3ccnn3CC(C)C)COC2)c1C=O. The maximum Gasteiger partial charge on any atom is 0.157 e. The van der Waals surface area contributed by atoms with Crippen LogP contribution in [0.1, 0.15) is 36.8 Å². The first-order valence-electron chi connectivity index (χ1n) is 9.34. The van der Waals surface area contributed by atoms with Crippen LogP contribution in [0.3, 0.4) is 0 Å². The van der Waals surface area contributed by atoms with Crippen LogP contribution in [0.2, 0.25) is 0 Å². The van der Waals surface area contributed by atoms with Gasteiger partial charge in [0.05, 0.1) is 30.2 Å². The number of carbonyl (C=O) groups is 1. The summed E-state index contributed by atoms with van der Waals surface area (Å²) in [7, 11) is 0. The van der Waals surface area contributed by atoms with Gasteiger partial charge in [-0.15, -0.1) is 0 Å². The summed E-state index contributed by atoms with van der Waals surface area (Å²) in [5, 5.41) is 4.44. The van der Waals surface area contributed by atoms with Gasteiger partial charge in [0.1, 0.15) is 18.1 Å². The van der Waals surface area contributed by atoms with Crippen LogP contribution in [0.5, 0.6) is 11.5 Å². The van der Waals surface area contributed by atoms with E-state index in [1.54, 1.807) is 25.1 Å². The number of rotatable bonds is 9. The summed E-state index contributed by atoms with van der Waals surface area (Å²) < 4.78 is 19.2. The highest BCUT2D eigenvalue weighted by molar-refractivity contribution is 5.83. The Labute approximate surface area is 165 Å². The molecule has 0 aliphatic carbocycles. The molecular weight excluding hydrogens is 356 g/mol. The standard InChI is InChI=1S/C22H26N2O4/c1-15(2)10-24-20(8-9-23-24)19-14-26-12-17(19)13-27-21-6-5-7-22(18(21)11-25)28-16(3)4/h5-9,11,15H,3,10,12-14H2,1-2,4H3. The van der Waals surface area contributed by atoms with Crippen molar-refractivity contribution in [1.29, 1.82) is 0 Å².